The van der Waals surface area contributed by atoms with Crippen molar-refractivity contribution >= 4 is 0 Å². The first-order valence-corrected chi connectivity index (χ1v) is 8.26. The Kier molecular flexibility index (Phi) is 5.36. The highest BCUT2D eigenvalue weighted by Gasteiger charge is 2.31. The predicted molar refractivity (Wildman–Crippen MR) is 90.5 cm³/mol. The minimum atomic E-state index is -4.45. The molecule has 1 saturated heterocycles. The summed E-state index contributed by atoms with van der Waals surface area (Å²) in [6.45, 7) is 4.92. The smallest absolute Gasteiger partial charge is 0.416 e. The van der Waals surface area contributed by atoms with E-state index in [1.807, 2.05) is 4.90 Å². The van der Waals surface area contributed by atoms with Crippen LogP contribution in [-0.4, -0.2) is 28.1 Å². The molecule has 1 aromatic carbocycles. The minimum absolute atomic E-state index is 0.0237. The second-order valence-electron chi connectivity index (χ2n) is 6.46. The summed E-state index contributed by atoms with van der Waals surface area (Å²) in [6, 6.07) is 6.12. The summed E-state index contributed by atoms with van der Waals surface area (Å²) in [5, 5.41) is 9.28. The van der Waals surface area contributed by atoms with Crippen LogP contribution in [0.25, 0.3) is 0 Å². The number of ether oxygens (including phenoxy) is 1. The van der Waals surface area contributed by atoms with Crippen molar-refractivity contribution in [1.82, 2.24) is 9.88 Å². The van der Waals surface area contributed by atoms with Crippen molar-refractivity contribution in [3.8, 4) is 5.75 Å². The summed E-state index contributed by atoms with van der Waals surface area (Å²) in [5.41, 5.74) is -0.234. The molecule has 0 bridgehead atoms. The maximum absolute atomic E-state index is 14.2. The standard InChI is InChI=1S/C19H18F4N2O2/c1-12(26)14-9-25(10-14)8-13-2-3-17(7-18(13)20)27-11-16-6-15(4-5-24-16)19(21,22)23/h2-7,14,26H,1,8-11H2. The second-order valence-corrected chi connectivity index (χ2v) is 6.46. The second kappa shape index (κ2) is 7.56. The Morgan fingerprint density at radius 3 is 2.63 bits per heavy atom. The Morgan fingerprint density at radius 1 is 1.26 bits per heavy atom. The van der Waals surface area contributed by atoms with Crippen molar-refractivity contribution in [2.24, 2.45) is 5.92 Å². The summed E-state index contributed by atoms with van der Waals surface area (Å²) in [4.78, 5) is 5.80. The van der Waals surface area contributed by atoms with Gasteiger partial charge in [0.1, 0.15) is 18.2 Å². The number of benzene rings is 1. The largest absolute Gasteiger partial charge is 0.513 e. The molecule has 0 amide bonds. The van der Waals surface area contributed by atoms with Crippen LogP contribution in [0.1, 0.15) is 16.8 Å². The Bertz CT molecular complexity index is 833. The fraction of sp³-hybridized carbons (Fsp3) is 0.316. The van der Waals surface area contributed by atoms with Crippen molar-refractivity contribution in [2.75, 3.05) is 13.1 Å². The monoisotopic (exact) mass is 382 g/mol. The molecular weight excluding hydrogens is 364 g/mol. The molecule has 8 heteroatoms. The summed E-state index contributed by atoms with van der Waals surface area (Å²) < 4.78 is 57.7. The zero-order valence-corrected chi connectivity index (χ0v) is 14.3. The van der Waals surface area contributed by atoms with Crippen LogP contribution in [0, 0.1) is 11.7 Å². The van der Waals surface area contributed by atoms with E-state index >= 15 is 0 Å². The molecule has 2 aromatic rings. The Balaban J connectivity index is 1.58. The molecule has 0 saturated carbocycles. The van der Waals surface area contributed by atoms with Gasteiger partial charge < -0.3 is 9.84 Å². The molecule has 0 aliphatic carbocycles. The highest BCUT2D eigenvalue weighted by molar-refractivity contribution is 5.29. The molecule has 144 valence electrons. The average Bonchev–Trinajstić information content (AvgIpc) is 2.56. The number of alkyl halides is 3. The fourth-order valence-electron chi connectivity index (χ4n) is 2.79. The van der Waals surface area contributed by atoms with Crippen molar-refractivity contribution in [3.05, 3.63) is 71.5 Å². The van der Waals surface area contributed by atoms with Gasteiger partial charge in [-0.1, -0.05) is 12.6 Å². The van der Waals surface area contributed by atoms with Gasteiger partial charge in [-0.05, 0) is 18.2 Å². The van der Waals surface area contributed by atoms with Crippen molar-refractivity contribution < 1.29 is 27.4 Å². The number of likely N-dealkylation sites (tertiary alicyclic amines) is 1. The highest BCUT2D eigenvalue weighted by Crippen LogP contribution is 2.29. The van der Waals surface area contributed by atoms with Gasteiger partial charge in [-0.3, -0.25) is 9.88 Å². The van der Waals surface area contributed by atoms with Crippen molar-refractivity contribution in [3.63, 3.8) is 0 Å². The van der Waals surface area contributed by atoms with Crippen LogP contribution < -0.4 is 4.74 Å². The number of pyridine rings is 1. The number of hydrogen-bond acceptors (Lipinski definition) is 4. The van der Waals surface area contributed by atoms with Crippen molar-refractivity contribution in [1.29, 1.82) is 0 Å². The van der Waals surface area contributed by atoms with Gasteiger partial charge in [0, 0.05) is 43.4 Å². The quantitative estimate of drug-likeness (QED) is 0.597. The van der Waals surface area contributed by atoms with Gasteiger partial charge in [-0.25, -0.2) is 4.39 Å². The van der Waals surface area contributed by atoms with E-state index in [4.69, 9.17) is 4.74 Å². The van der Waals surface area contributed by atoms with Gasteiger partial charge >= 0.3 is 6.18 Å². The van der Waals surface area contributed by atoms with Gasteiger partial charge in [-0.15, -0.1) is 0 Å². The van der Waals surface area contributed by atoms with Crippen LogP contribution >= 0.6 is 0 Å². The Labute approximate surface area is 153 Å². The van der Waals surface area contributed by atoms with Gasteiger partial charge in [0.05, 0.1) is 17.0 Å². The molecule has 0 spiro atoms. The van der Waals surface area contributed by atoms with Gasteiger partial charge in [-0.2, -0.15) is 13.2 Å². The normalized spacial score (nSPS) is 15.4. The number of nitrogens with zero attached hydrogens (tertiary/aromatic N) is 2. The molecule has 3 rings (SSSR count). The molecule has 1 aliphatic heterocycles. The lowest BCUT2D eigenvalue weighted by atomic mass is 9.97. The first-order chi connectivity index (χ1) is 12.7. The number of aromatic nitrogens is 1. The Hall–Kier alpha value is -2.61. The lowest BCUT2D eigenvalue weighted by molar-refractivity contribution is -0.137. The van der Waals surface area contributed by atoms with E-state index < -0.39 is 17.6 Å². The minimum Gasteiger partial charge on any atom is -0.513 e. The van der Waals surface area contributed by atoms with E-state index in [0.29, 0.717) is 25.2 Å². The average molecular weight is 382 g/mol. The number of aliphatic hydroxyl groups is 1. The zero-order chi connectivity index (χ0) is 19.6. The van der Waals surface area contributed by atoms with E-state index in [2.05, 4.69) is 11.6 Å². The van der Waals surface area contributed by atoms with E-state index in [0.717, 1.165) is 18.3 Å². The maximum atomic E-state index is 14.2. The molecule has 1 aliphatic rings. The summed E-state index contributed by atoms with van der Waals surface area (Å²) >= 11 is 0. The van der Waals surface area contributed by atoms with Gasteiger partial charge in [0.2, 0.25) is 0 Å². The third-order valence-corrected chi connectivity index (χ3v) is 4.38. The number of hydrogen-bond donors (Lipinski definition) is 1. The third-order valence-electron chi connectivity index (χ3n) is 4.38. The molecule has 4 nitrogen and oxygen atoms in total. The first kappa shape index (κ1) is 19.2. The molecule has 2 heterocycles. The Morgan fingerprint density at radius 2 is 2.00 bits per heavy atom. The number of aliphatic hydroxyl groups excluding tert-OH is 1. The highest BCUT2D eigenvalue weighted by atomic mass is 19.4. The van der Waals surface area contributed by atoms with Crippen LogP contribution in [0.15, 0.2) is 48.9 Å². The van der Waals surface area contributed by atoms with Crippen LogP contribution in [-0.2, 0) is 19.3 Å². The first-order valence-electron chi connectivity index (χ1n) is 8.26. The maximum Gasteiger partial charge on any atom is 0.416 e. The SMILES string of the molecule is C=C(O)C1CN(Cc2ccc(OCc3cc(C(F)(F)F)ccn3)cc2F)C1. The van der Waals surface area contributed by atoms with E-state index in [1.165, 1.54) is 6.07 Å². The van der Waals surface area contributed by atoms with Crippen LogP contribution in [0.3, 0.4) is 0 Å². The van der Waals surface area contributed by atoms with Gasteiger partial charge in [0.25, 0.3) is 0 Å². The predicted octanol–water partition coefficient (Wildman–Crippen LogP) is 4.32. The molecule has 27 heavy (non-hydrogen) atoms. The molecule has 1 N–H and O–H groups in total. The van der Waals surface area contributed by atoms with Crippen LogP contribution in [0.2, 0.25) is 0 Å². The lowest BCUT2D eigenvalue weighted by Crippen LogP contribution is -2.46. The topological polar surface area (TPSA) is 45.6 Å². The van der Waals surface area contributed by atoms with Crippen molar-refractivity contribution in [2.45, 2.75) is 19.3 Å². The number of halogens is 4. The molecule has 1 aromatic heterocycles. The molecule has 0 radical (unpaired) electrons. The molecule has 0 unspecified atom stereocenters. The zero-order valence-electron chi connectivity index (χ0n) is 14.3. The van der Waals surface area contributed by atoms with E-state index in [-0.39, 0.29) is 29.7 Å². The third kappa shape index (κ3) is 4.77. The molecular formula is C19H18F4N2O2. The lowest BCUT2D eigenvalue weighted by Gasteiger charge is -2.38. The van der Waals surface area contributed by atoms with Crippen LogP contribution in [0.5, 0.6) is 5.75 Å². The van der Waals surface area contributed by atoms with Crippen LogP contribution in [0.4, 0.5) is 17.6 Å². The molecule has 0 atom stereocenters. The summed E-state index contributed by atoms with van der Waals surface area (Å²) in [5.74, 6) is -0.0919. The summed E-state index contributed by atoms with van der Waals surface area (Å²) in [7, 11) is 0. The fourth-order valence-corrected chi connectivity index (χ4v) is 2.79. The van der Waals surface area contributed by atoms with E-state index in [1.54, 1.807) is 12.1 Å². The molecule has 1 fully saturated rings. The number of rotatable bonds is 6. The van der Waals surface area contributed by atoms with E-state index in [9.17, 15) is 22.7 Å². The summed E-state index contributed by atoms with van der Waals surface area (Å²) in [6.07, 6.45) is -3.39. The van der Waals surface area contributed by atoms with Gasteiger partial charge in [0.15, 0.2) is 0 Å².